The van der Waals surface area contributed by atoms with Crippen molar-refractivity contribution < 1.29 is 4.79 Å². The fraction of sp³-hybridized carbons (Fsp3) is 0.929. The lowest BCUT2D eigenvalue weighted by molar-refractivity contribution is -0.136. The highest BCUT2D eigenvalue weighted by atomic mass is 16.2. The molecular formula is C14H27N3O. The summed E-state index contributed by atoms with van der Waals surface area (Å²) in [6.45, 7) is 6.02. The first kappa shape index (κ1) is 13.8. The Hall–Kier alpha value is -0.610. The van der Waals surface area contributed by atoms with Crippen LogP contribution in [0.3, 0.4) is 0 Å². The Bertz CT molecular complexity index is 274. The van der Waals surface area contributed by atoms with E-state index in [9.17, 15) is 4.79 Å². The van der Waals surface area contributed by atoms with Gasteiger partial charge in [0.2, 0.25) is 5.91 Å². The summed E-state index contributed by atoms with van der Waals surface area (Å²) >= 11 is 0. The number of piperazine rings is 1. The largest absolute Gasteiger partial charge is 0.338 e. The van der Waals surface area contributed by atoms with E-state index in [1.54, 1.807) is 0 Å². The van der Waals surface area contributed by atoms with E-state index < -0.39 is 0 Å². The molecule has 1 amide bonds. The minimum absolute atomic E-state index is 0.0772. The standard InChI is InChI=1S/C14H27N3O/c1-3-12-11-17(10-9-16(12)2)14(18)13-7-5-4-6-8-15-13/h12-13,15H,3-11H2,1-2H3. The second-order valence-corrected chi connectivity index (χ2v) is 5.68. The van der Waals surface area contributed by atoms with Gasteiger partial charge in [-0.15, -0.1) is 0 Å². The SMILES string of the molecule is CCC1CN(C(=O)C2CCCCCN2)CCN1C. The molecule has 2 saturated heterocycles. The highest BCUT2D eigenvalue weighted by Crippen LogP contribution is 2.15. The van der Waals surface area contributed by atoms with Gasteiger partial charge < -0.3 is 10.2 Å². The Kier molecular flexibility index (Phi) is 5.01. The van der Waals surface area contributed by atoms with E-state index in [-0.39, 0.29) is 6.04 Å². The molecule has 0 aliphatic carbocycles. The van der Waals surface area contributed by atoms with Crippen molar-refractivity contribution in [2.45, 2.75) is 51.1 Å². The van der Waals surface area contributed by atoms with Crippen LogP contribution in [0.2, 0.25) is 0 Å². The fourth-order valence-electron chi connectivity index (χ4n) is 3.05. The van der Waals surface area contributed by atoms with Crippen molar-refractivity contribution in [2.75, 3.05) is 33.2 Å². The molecule has 4 heteroatoms. The van der Waals surface area contributed by atoms with Gasteiger partial charge in [0.1, 0.15) is 0 Å². The van der Waals surface area contributed by atoms with Crippen molar-refractivity contribution in [3.05, 3.63) is 0 Å². The predicted octanol–water partition coefficient (Wildman–Crippen LogP) is 1.07. The van der Waals surface area contributed by atoms with Crippen LogP contribution < -0.4 is 5.32 Å². The van der Waals surface area contributed by atoms with Crippen LogP contribution in [-0.4, -0.2) is 61.0 Å². The number of amides is 1. The predicted molar refractivity (Wildman–Crippen MR) is 73.5 cm³/mol. The number of nitrogens with one attached hydrogen (secondary N) is 1. The van der Waals surface area contributed by atoms with E-state index in [2.05, 4.69) is 29.1 Å². The fourth-order valence-corrected chi connectivity index (χ4v) is 3.05. The summed E-state index contributed by atoms with van der Waals surface area (Å²) in [5, 5.41) is 3.42. The Labute approximate surface area is 111 Å². The molecule has 2 aliphatic heterocycles. The molecule has 0 aromatic carbocycles. The number of likely N-dealkylation sites (N-methyl/N-ethyl adjacent to an activating group) is 1. The van der Waals surface area contributed by atoms with Gasteiger partial charge in [0.05, 0.1) is 6.04 Å². The number of rotatable bonds is 2. The molecule has 2 unspecified atom stereocenters. The second kappa shape index (κ2) is 6.53. The van der Waals surface area contributed by atoms with Crippen LogP contribution >= 0.6 is 0 Å². The highest BCUT2D eigenvalue weighted by Gasteiger charge is 2.30. The lowest BCUT2D eigenvalue weighted by Crippen LogP contribution is -2.56. The molecule has 2 rings (SSSR count). The maximum atomic E-state index is 12.5. The van der Waals surface area contributed by atoms with Crippen LogP contribution in [0.4, 0.5) is 0 Å². The monoisotopic (exact) mass is 253 g/mol. The lowest BCUT2D eigenvalue weighted by Gasteiger charge is -2.40. The molecule has 2 fully saturated rings. The van der Waals surface area contributed by atoms with E-state index in [0.29, 0.717) is 11.9 Å². The number of hydrogen-bond donors (Lipinski definition) is 1. The maximum absolute atomic E-state index is 12.5. The first-order valence-corrected chi connectivity index (χ1v) is 7.44. The molecular weight excluding hydrogens is 226 g/mol. The molecule has 4 nitrogen and oxygen atoms in total. The number of carbonyl (C=O) groups is 1. The van der Waals surface area contributed by atoms with Gasteiger partial charge >= 0.3 is 0 Å². The first-order chi connectivity index (χ1) is 8.72. The van der Waals surface area contributed by atoms with E-state index in [1.807, 2.05) is 0 Å². The molecule has 0 saturated carbocycles. The van der Waals surface area contributed by atoms with Crippen LogP contribution in [0, 0.1) is 0 Å². The van der Waals surface area contributed by atoms with E-state index in [0.717, 1.165) is 39.0 Å². The average Bonchev–Trinajstić information content (AvgIpc) is 2.67. The molecule has 0 aromatic rings. The summed E-state index contributed by atoms with van der Waals surface area (Å²) in [7, 11) is 2.17. The Morgan fingerprint density at radius 2 is 2.11 bits per heavy atom. The van der Waals surface area contributed by atoms with Crippen molar-refractivity contribution in [3.63, 3.8) is 0 Å². The van der Waals surface area contributed by atoms with Crippen LogP contribution in [0.15, 0.2) is 0 Å². The maximum Gasteiger partial charge on any atom is 0.239 e. The van der Waals surface area contributed by atoms with Gasteiger partial charge in [-0.3, -0.25) is 9.69 Å². The summed E-state index contributed by atoms with van der Waals surface area (Å²) < 4.78 is 0. The zero-order valence-electron chi connectivity index (χ0n) is 11.8. The molecule has 2 atom stereocenters. The van der Waals surface area contributed by atoms with Crippen LogP contribution in [0.1, 0.15) is 39.0 Å². The van der Waals surface area contributed by atoms with Crippen molar-refractivity contribution in [1.29, 1.82) is 0 Å². The van der Waals surface area contributed by atoms with Crippen LogP contribution in [0.5, 0.6) is 0 Å². The third kappa shape index (κ3) is 3.23. The summed E-state index contributed by atoms with van der Waals surface area (Å²) in [6.07, 6.45) is 5.80. The zero-order chi connectivity index (χ0) is 13.0. The zero-order valence-corrected chi connectivity index (χ0v) is 11.8. The molecule has 0 spiro atoms. The second-order valence-electron chi connectivity index (χ2n) is 5.68. The van der Waals surface area contributed by atoms with Gasteiger partial charge in [-0.25, -0.2) is 0 Å². The summed E-state index contributed by atoms with van der Waals surface area (Å²) in [4.78, 5) is 17.0. The summed E-state index contributed by atoms with van der Waals surface area (Å²) in [6, 6.07) is 0.613. The smallest absolute Gasteiger partial charge is 0.239 e. The molecule has 0 aromatic heterocycles. The topological polar surface area (TPSA) is 35.6 Å². The van der Waals surface area contributed by atoms with E-state index in [1.165, 1.54) is 19.3 Å². The van der Waals surface area contributed by atoms with Gasteiger partial charge in [0.15, 0.2) is 0 Å². The quantitative estimate of drug-likeness (QED) is 0.799. The van der Waals surface area contributed by atoms with Gasteiger partial charge in [-0.2, -0.15) is 0 Å². The molecule has 104 valence electrons. The molecule has 1 N–H and O–H groups in total. The highest BCUT2D eigenvalue weighted by molar-refractivity contribution is 5.82. The normalized spacial score (nSPS) is 31.1. The Balaban J connectivity index is 1.91. The average molecular weight is 253 g/mol. The number of nitrogens with zero attached hydrogens (tertiary/aromatic N) is 2. The van der Waals surface area contributed by atoms with E-state index >= 15 is 0 Å². The number of hydrogen-bond acceptors (Lipinski definition) is 3. The molecule has 0 radical (unpaired) electrons. The van der Waals surface area contributed by atoms with Crippen molar-refractivity contribution in [2.24, 2.45) is 0 Å². The van der Waals surface area contributed by atoms with E-state index in [4.69, 9.17) is 0 Å². The van der Waals surface area contributed by atoms with Gasteiger partial charge in [0, 0.05) is 25.7 Å². The minimum Gasteiger partial charge on any atom is -0.338 e. The lowest BCUT2D eigenvalue weighted by atomic mass is 10.1. The van der Waals surface area contributed by atoms with Gasteiger partial charge in [-0.05, 0) is 32.9 Å². The minimum atomic E-state index is 0.0772. The number of carbonyl (C=O) groups excluding carboxylic acids is 1. The summed E-state index contributed by atoms with van der Waals surface area (Å²) in [5.41, 5.74) is 0. The molecule has 18 heavy (non-hydrogen) atoms. The summed E-state index contributed by atoms with van der Waals surface area (Å²) in [5.74, 6) is 0.337. The van der Waals surface area contributed by atoms with Crippen LogP contribution in [0.25, 0.3) is 0 Å². The Morgan fingerprint density at radius 3 is 2.89 bits per heavy atom. The van der Waals surface area contributed by atoms with Crippen molar-refractivity contribution >= 4 is 5.91 Å². The van der Waals surface area contributed by atoms with Crippen molar-refractivity contribution in [3.8, 4) is 0 Å². The molecule has 2 aliphatic rings. The van der Waals surface area contributed by atoms with Crippen LogP contribution in [-0.2, 0) is 4.79 Å². The van der Waals surface area contributed by atoms with Gasteiger partial charge in [-0.1, -0.05) is 19.8 Å². The van der Waals surface area contributed by atoms with Crippen molar-refractivity contribution in [1.82, 2.24) is 15.1 Å². The Morgan fingerprint density at radius 1 is 1.28 bits per heavy atom. The molecule has 2 heterocycles. The van der Waals surface area contributed by atoms with Gasteiger partial charge in [0.25, 0.3) is 0 Å². The molecule has 0 bridgehead atoms. The third-order valence-corrected chi connectivity index (χ3v) is 4.42. The first-order valence-electron chi connectivity index (χ1n) is 7.44. The third-order valence-electron chi connectivity index (χ3n) is 4.42.